The van der Waals surface area contributed by atoms with Crippen molar-refractivity contribution >= 4 is 11.6 Å². The number of hydrogen-bond acceptors (Lipinski definition) is 4. The second-order valence-electron chi connectivity index (χ2n) is 3.03. The number of rotatable bonds is 2. The minimum absolute atomic E-state index is 0.343. The van der Waals surface area contributed by atoms with Crippen LogP contribution in [0, 0.1) is 0 Å². The van der Waals surface area contributed by atoms with Crippen LogP contribution in [0.25, 0.3) is 0 Å². The zero-order chi connectivity index (χ0) is 9.31. The van der Waals surface area contributed by atoms with E-state index in [9.17, 15) is 0 Å². The highest BCUT2D eigenvalue weighted by atomic mass is 35.5. The van der Waals surface area contributed by atoms with Crippen LogP contribution in [0.15, 0.2) is 12.4 Å². The van der Waals surface area contributed by atoms with E-state index in [0.29, 0.717) is 10.8 Å². The number of aromatic nitrogens is 2. The molecule has 0 aromatic carbocycles. The molecule has 0 bridgehead atoms. The van der Waals surface area contributed by atoms with Crippen LogP contribution in [-0.2, 0) is 10.3 Å². The number of ether oxygens (including phenoxy) is 1. The van der Waals surface area contributed by atoms with Crippen molar-refractivity contribution in [3.05, 3.63) is 23.2 Å². The maximum atomic E-state index is 5.68. The Balaban J connectivity index is 2.28. The highest BCUT2D eigenvalue weighted by molar-refractivity contribution is 6.30. The normalized spacial score (nSPS) is 19.5. The fourth-order valence-electron chi connectivity index (χ4n) is 1.29. The smallest absolute Gasteiger partial charge is 0.163 e. The Labute approximate surface area is 81.3 Å². The molecule has 5 heteroatoms. The molecule has 0 unspecified atom stereocenters. The molecule has 2 rings (SSSR count). The summed E-state index contributed by atoms with van der Waals surface area (Å²) < 4.78 is 5.37. The molecule has 0 radical (unpaired) electrons. The SMILES string of the molecule is COC1(c2ncc(Cl)cn2)CNC1. The van der Waals surface area contributed by atoms with Crippen molar-refractivity contribution in [1.29, 1.82) is 0 Å². The Bertz CT molecular complexity index is 291. The predicted octanol–water partition coefficient (Wildman–Crippen LogP) is 0.575. The molecule has 13 heavy (non-hydrogen) atoms. The molecule has 1 aromatic heterocycles. The molecule has 0 amide bonds. The number of hydrogen-bond donors (Lipinski definition) is 1. The van der Waals surface area contributed by atoms with Crippen molar-refractivity contribution in [2.45, 2.75) is 5.60 Å². The molecule has 1 saturated heterocycles. The van der Waals surface area contributed by atoms with Crippen LogP contribution in [-0.4, -0.2) is 30.2 Å². The molecule has 1 aromatic rings. The Hall–Kier alpha value is -0.710. The van der Waals surface area contributed by atoms with E-state index in [4.69, 9.17) is 16.3 Å². The highest BCUT2D eigenvalue weighted by Gasteiger charge is 2.41. The third-order valence-electron chi connectivity index (χ3n) is 2.24. The van der Waals surface area contributed by atoms with Gasteiger partial charge in [-0.25, -0.2) is 9.97 Å². The number of nitrogens with one attached hydrogen (secondary N) is 1. The fourth-order valence-corrected chi connectivity index (χ4v) is 1.39. The first-order valence-electron chi connectivity index (χ1n) is 4.01. The second-order valence-corrected chi connectivity index (χ2v) is 3.46. The number of methoxy groups -OCH3 is 1. The number of nitrogens with zero attached hydrogens (tertiary/aromatic N) is 2. The van der Waals surface area contributed by atoms with Crippen LogP contribution in [0.3, 0.4) is 0 Å². The summed E-state index contributed by atoms with van der Waals surface area (Å²) >= 11 is 5.68. The van der Waals surface area contributed by atoms with E-state index in [-0.39, 0.29) is 5.60 Å². The lowest BCUT2D eigenvalue weighted by Crippen LogP contribution is -2.58. The zero-order valence-corrected chi connectivity index (χ0v) is 8.01. The average Bonchev–Trinajstić information content (AvgIpc) is 2.07. The monoisotopic (exact) mass is 199 g/mol. The van der Waals surface area contributed by atoms with Crippen LogP contribution in [0.2, 0.25) is 5.02 Å². The van der Waals surface area contributed by atoms with Gasteiger partial charge in [-0.05, 0) is 0 Å². The summed E-state index contributed by atoms with van der Waals surface area (Å²) in [6.45, 7) is 1.51. The van der Waals surface area contributed by atoms with Crippen LogP contribution in [0.4, 0.5) is 0 Å². The third-order valence-corrected chi connectivity index (χ3v) is 2.43. The van der Waals surface area contributed by atoms with Gasteiger partial charge in [0.2, 0.25) is 0 Å². The van der Waals surface area contributed by atoms with Gasteiger partial charge in [0.15, 0.2) is 11.4 Å². The molecule has 70 valence electrons. The molecule has 0 spiro atoms. The largest absolute Gasteiger partial charge is 0.368 e. The molecule has 1 fully saturated rings. The number of halogens is 1. The Morgan fingerprint density at radius 1 is 1.46 bits per heavy atom. The van der Waals surface area contributed by atoms with Crippen molar-refractivity contribution in [2.24, 2.45) is 0 Å². The lowest BCUT2D eigenvalue weighted by atomic mass is 9.96. The van der Waals surface area contributed by atoms with Gasteiger partial charge in [-0.2, -0.15) is 0 Å². The lowest BCUT2D eigenvalue weighted by molar-refractivity contribution is -0.0634. The molecular formula is C8H10ClN3O. The second kappa shape index (κ2) is 3.21. The molecule has 0 saturated carbocycles. The van der Waals surface area contributed by atoms with E-state index < -0.39 is 0 Å². The zero-order valence-electron chi connectivity index (χ0n) is 7.25. The summed E-state index contributed by atoms with van der Waals surface area (Å²) in [6.07, 6.45) is 3.17. The van der Waals surface area contributed by atoms with E-state index in [1.807, 2.05) is 0 Å². The molecule has 0 atom stereocenters. The minimum atomic E-state index is -0.343. The molecule has 1 N–H and O–H groups in total. The van der Waals surface area contributed by atoms with E-state index in [2.05, 4.69) is 15.3 Å². The highest BCUT2D eigenvalue weighted by Crippen LogP contribution is 2.26. The van der Waals surface area contributed by atoms with Crippen LogP contribution in [0.1, 0.15) is 5.82 Å². The molecule has 4 nitrogen and oxygen atoms in total. The van der Waals surface area contributed by atoms with Crippen LogP contribution < -0.4 is 5.32 Å². The third kappa shape index (κ3) is 1.41. The predicted molar refractivity (Wildman–Crippen MR) is 48.6 cm³/mol. The van der Waals surface area contributed by atoms with E-state index in [0.717, 1.165) is 13.1 Å². The van der Waals surface area contributed by atoms with Crippen molar-refractivity contribution in [3.63, 3.8) is 0 Å². The average molecular weight is 200 g/mol. The van der Waals surface area contributed by atoms with E-state index in [1.54, 1.807) is 19.5 Å². The van der Waals surface area contributed by atoms with Crippen molar-refractivity contribution in [1.82, 2.24) is 15.3 Å². The quantitative estimate of drug-likeness (QED) is 0.757. The van der Waals surface area contributed by atoms with Gasteiger partial charge >= 0.3 is 0 Å². The van der Waals surface area contributed by atoms with Crippen LogP contribution in [0.5, 0.6) is 0 Å². The maximum absolute atomic E-state index is 5.68. The standard InChI is InChI=1S/C8H10ClN3O/c1-13-8(4-10-5-8)7-11-2-6(9)3-12-7/h2-3,10H,4-5H2,1H3. The maximum Gasteiger partial charge on any atom is 0.163 e. The summed E-state index contributed by atoms with van der Waals surface area (Å²) in [6, 6.07) is 0. The Morgan fingerprint density at radius 3 is 2.46 bits per heavy atom. The lowest BCUT2D eigenvalue weighted by Gasteiger charge is -2.39. The van der Waals surface area contributed by atoms with Gasteiger partial charge in [0.25, 0.3) is 0 Å². The van der Waals surface area contributed by atoms with Crippen molar-refractivity contribution in [2.75, 3.05) is 20.2 Å². The summed E-state index contributed by atoms with van der Waals surface area (Å²) in [5.74, 6) is 0.693. The van der Waals surface area contributed by atoms with Gasteiger partial charge < -0.3 is 10.1 Å². The van der Waals surface area contributed by atoms with Crippen molar-refractivity contribution in [3.8, 4) is 0 Å². The first-order valence-corrected chi connectivity index (χ1v) is 4.38. The minimum Gasteiger partial charge on any atom is -0.368 e. The van der Waals surface area contributed by atoms with E-state index >= 15 is 0 Å². The van der Waals surface area contributed by atoms with Crippen molar-refractivity contribution < 1.29 is 4.74 Å². The topological polar surface area (TPSA) is 47.0 Å². The Morgan fingerprint density at radius 2 is 2.08 bits per heavy atom. The first kappa shape index (κ1) is 8.87. The first-order chi connectivity index (χ1) is 6.27. The summed E-state index contributed by atoms with van der Waals surface area (Å²) in [5, 5.41) is 3.67. The summed E-state index contributed by atoms with van der Waals surface area (Å²) in [5.41, 5.74) is -0.343. The summed E-state index contributed by atoms with van der Waals surface area (Å²) in [7, 11) is 1.67. The summed E-state index contributed by atoms with van der Waals surface area (Å²) in [4.78, 5) is 8.27. The molecule has 1 aliphatic rings. The molecule has 2 heterocycles. The van der Waals surface area contributed by atoms with Gasteiger partial charge in [0, 0.05) is 32.6 Å². The van der Waals surface area contributed by atoms with Gasteiger partial charge in [-0.3, -0.25) is 0 Å². The fraction of sp³-hybridized carbons (Fsp3) is 0.500. The molecular weight excluding hydrogens is 190 g/mol. The van der Waals surface area contributed by atoms with Gasteiger partial charge in [-0.1, -0.05) is 11.6 Å². The van der Waals surface area contributed by atoms with Crippen LogP contribution >= 0.6 is 11.6 Å². The van der Waals surface area contributed by atoms with Gasteiger partial charge in [0.05, 0.1) is 5.02 Å². The molecule has 0 aliphatic carbocycles. The van der Waals surface area contributed by atoms with Gasteiger partial charge in [-0.15, -0.1) is 0 Å². The van der Waals surface area contributed by atoms with E-state index in [1.165, 1.54) is 0 Å². The Kier molecular flexibility index (Phi) is 2.19. The molecule has 1 aliphatic heterocycles. The van der Waals surface area contributed by atoms with Gasteiger partial charge in [0.1, 0.15) is 0 Å².